The van der Waals surface area contributed by atoms with E-state index in [1.807, 2.05) is 13.8 Å². The molecule has 130 valence electrons. The number of aliphatic hydroxyl groups excluding tert-OH is 1. The summed E-state index contributed by atoms with van der Waals surface area (Å²) in [6, 6.07) is 9.09. The molecule has 0 aliphatic carbocycles. The van der Waals surface area contributed by atoms with Gasteiger partial charge in [-0.05, 0) is 36.2 Å². The molecule has 1 atom stereocenters. The maximum Gasteiger partial charge on any atom is 0.229 e. The van der Waals surface area contributed by atoms with E-state index in [4.69, 9.17) is 9.26 Å². The van der Waals surface area contributed by atoms with Gasteiger partial charge >= 0.3 is 0 Å². The minimum atomic E-state index is -0.530. The average Bonchev–Trinajstić information content (AvgIpc) is 3.06. The Morgan fingerprint density at radius 2 is 1.92 bits per heavy atom. The summed E-state index contributed by atoms with van der Waals surface area (Å²) >= 11 is 0. The Morgan fingerprint density at radius 3 is 2.56 bits per heavy atom. The SMILES string of the molecule is CC(C)C(O)Cc1nc(-c2ccc(Oc3ccc(F)cc3)nc2)no1. The summed E-state index contributed by atoms with van der Waals surface area (Å²) in [4.78, 5) is 8.45. The highest BCUT2D eigenvalue weighted by atomic mass is 19.1. The third kappa shape index (κ3) is 4.39. The molecule has 1 aromatic carbocycles. The van der Waals surface area contributed by atoms with Gasteiger partial charge in [0.25, 0.3) is 0 Å². The summed E-state index contributed by atoms with van der Waals surface area (Å²) in [5.41, 5.74) is 0.667. The molecular formula is C18H18FN3O3. The quantitative estimate of drug-likeness (QED) is 0.736. The van der Waals surface area contributed by atoms with Crippen LogP contribution in [0.5, 0.6) is 11.6 Å². The van der Waals surface area contributed by atoms with Crippen molar-refractivity contribution in [3.63, 3.8) is 0 Å². The van der Waals surface area contributed by atoms with E-state index in [1.165, 1.54) is 24.3 Å². The molecule has 0 saturated carbocycles. The smallest absolute Gasteiger partial charge is 0.229 e. The molecule has 2 aromatic heterocycles. The molecule has 2 heterocycles. The molecule has 3 aromatic rings. The van der Waals surface area contributed by atoms with Crippen LogP contribution in [0.1, 0.15) is 19.7 Å². The summed E-state index contributed by atoms with van der Waals surface area (Å²) in [6.45, 7) is 3.84. The van der Waals surface area contributed by atoms with Crippen molar-refractivity contribution in [1.29, 1.82) is 0 Å². The van der Waals surface area contributed by atoms with Crippen LogP contribution in [0.3, 0.4) is 0 Å². The van der Waals surface area contributed by atoms with Gasteiger partial charge in [-0.2, -0.15) is 4.98 Å². The molecule has 0 fully saturated rings. The van der Waals surface area contributed by atoms with Gasteiger partial charge in [-0.25, -0.2) is 9.37 Å². The van der Waals surface area contributed by atoms with E-state index in [1.54, 1.807) is 18.3 Å². The van der Waals surface area contributed by atoms with Gasteiger partial charge in [-0.3, -0.25) is 0 Å². The van der Waals surface area contributed by atoms with Crippen molar-refractivity contribution in [1.82, 2.24) is 15.1 Å². The molecule has 0 amide bonds. The fourth-order valence-corrected chi connectivity index (χ4v) is 2.07. The molecule has 0 saturated heterocycles. The van der Waals surface area contributed by atoms with Crippen LogP contribution in [0.25, 0.3) is 11.4 Å². The Labute approximate surface area is 144 Å². The molecular weight excluding hydrogens is 325 g/mol. The van der Waals surface area contributed by atoms with Crippen molar-refractivity contribution in [2.24, 2.45) is 5.92 Å². The van der Waals surface area contributed by atoms with Gasteiger partial charge in [0.15, 0.2) is 0 Å². The number of pyridine rings is 1. The predicted molar refractivity (Wildman–Crippen MR) is 88.6 cm³/mol. The summed E-state index contributed by atoms with van der Waals surface area (Å²) in [5, 5.41) is 13.8. The molecule has 25 heavy (non-hydrogen) atoms. The second-order valence-corrected chi connectivity index (χ2v) is 5.97. The lowest BCUT2D eigenvalue weighted by Gasteiger charge is -2.10. The fraction of sp³-hybridized carbons (Fsp3) is 0.278. The van der Waals surface area contributed by atoms with Crippen LogP contribution in [-0.2, 0) is 6.42 Å². The van der Waals surface area contributed by atoms with E-state index in [0.717, 1.165) is 0 Å². The minimum absolute atomic E-state index is 0.111. The Bertz CT molecular complexity index is 816. The maximum absolute atomic E-state index is 12.9. The van der Waals surface area contributed by atoms with E-state index in [0.29, 0.717) is 35.3 Å². The molecule has 1 unspecified atom stereocenters. The number of aliphatic hydroxyl groups is 1. The average molecular weight is 343 g/mol. The summed E-state index contributed by atoms with van der Waals surface area (Å²) in [7, 11) is 0. The van der Waals surface area contributed by atoms with Gasteiger partial charge in [0.05, 0.1) is 12.5 Å². The highest BCUT2D eigenvalue weighted by molar-refractivity contribution is 5.53. The highest BCUT2D eigenvalue weighted by Gasteiger charge is 2.16. The fourth-order valence-electron chi connectivity index (χ4n) is 2.07. The van der Waals surface area contributed by atoms with E-state index in [-0.39, 0.29) is 11.7 Å². The van der Waals surface area contributed by atoms with Crippen LogP contribution in [0.2, 0.25) is 0 Å². The molecule has 0 aliphatic rings. The minimum Gasteiger partial charge on any atom is -0.439 e. The first-order chi connectivity index (χ1) is 12.0. The standard InChI is InChI=1S/C18H18FN3O3/c1-11(2)15(23)9-17-21-18(22-25-17)12-3-8-16(20-10-12)24-14-6-4-13(19)5-7-14/h3-8,10-11,15,23H,9H2,1-2H3. The van der Waals surface area contributed by atoms with Gasteiger partial charge in [0.2, 0.25) is 17.6 Å². The van der Waals surface area contributed by atoms with E-state index < -0.39 is 6.10 Å². The molecule has 0 radical (unpaired) electrons. The monoisotopic (exact) mass is 343 g/mol. The predicted octanol–water partition coefficient (Wildman–Crippen LogP) is 3.62. The second kappa shape index (κ2) is 7.40. The lowest BCUT2D eigenvalue weighted by molar-refractivity contribution is 0.116. The third-order valence-corrected chi connectivity index (χ3v) is 3.65. The van der Waals surface area contributed by atoms with Crippen LogP contribution in [0, 0.1) is 11.7 Å². The van der Waals surface area contributed by atoms with E-state index >= 15 is 0 Å². The number of halogens is 1. The summed E-state index contributed by atoms with van der Waals surface area (Å²) in [6.07, 6.45) is 1.34. The number of rotatable bonds is 6. The van der Waals surface area contributed by atoms with Crippen LogP contribution in [-0.4, -0.2) is 26.3 Å². The van der Waals surface area contributed by atoms with Crippen molar-refractivity contribution < 1.29 is 18.8 Å². The van der Waals surface area contributed by atoms with Crippen molar-refractivity contribution in [3.8, 4) is 23.0 Å². The number of hydrogen-bond acceptors (Lipinski definition) is 6. The van der Waals surface area contributed by atoms with Gasteiger partial charge in [-0.15, -0.1) is 0 Å². The van der Waals surface area contributed by atoms with Crippen LogP contribution in [0.4, 0.5) is 4.39 Å². The Kier molecular flexibility index (Phi) is 5.04. The largest absolute Gasteiger partial charge is 0.439 e. The number of ether oxygens (including phenoxy) is 1. The number of aromatic nitrogens is 3. The summed E-state index contributed by atoms with van der Waals surface area (Å²) in [5.74, 6) is 1.42. The third-order valence-electron chi connectivity index (χ3n) is 3.65. The zero-order valence-electron chi connectivity index (χ0n) is 13.9. The topological polar surface area (TPSA) is 81.3 Å². The van der Waals surface area contributed by atoms with Crippen molar-refractivity contribution in [2.45, 2.75) is 26.4 Å². The molecule has 7 heteroatoms. The molecule has 0 spiro atoms. The van der Waals surface area contributed by atoms with Gasteiger partial charge in [-0.1, -0.05) is 19.0 Å². The van der Waals surface area contributed by atoms with Gasteiger partial charge < -0.3 is 14.4 Å². The Morgan fingerprint density at radius 1 is 1.16 bits per heavy atom. The van der Waals surface area contributed by atoms with Crippen molar-refractivity contribution in [3.05, 3.63) is 54.3 Å². The Balaban J connectivity index is 1.68. The van der Waals surface area contributed by atoms with E-state index in [2.05, 4.69) is 15.1 Å². The molecule has 3 rings (SSSR count). The molecule has 1 N–H and O–H groups in total. The lowest BCUT2D eigenvalue weighted by Crippen LogP contribution is -2.17. The molecule has 0 bridgehead atoms. The van der Waals surface area contributed by atoms with E-state index in [9.17, 15) is 9.50 Å². The molecule has 6 nitrogen and oxygen atoms in total. The number of nitrogens with zero attached hydrogens (tertiary/aromatic N) is 3. The van der Waals surface area contributed by atoms with Crippen molar-refractivity contribution >= 4 is 0 Å². The maximum atomic E-state index is 12.9. The lowest BCUT2D eigenvalue weighted by atomic mass is 10.0. The zero-order chi connectivity index (χ0) is 17.8. The van der Waals surface area contributed by atoms with Gasteiger partial charge in [0, 0.05) is 17.8 Å². The first-order valence-corrected chi connectivity index (χ1v) is 7.92. The first-order valence-electron chi connectivity index (χ1n) is 7.92. The van der Waals surface area contributed by atoms with Crippen LogP contribution < -0.4 is 4.74 Å². The van der Waals surface area contributed by atoms with Crippen LogP contribution >= 0.6 is 0 Å². The second-order valence-electron chi connectivity index (χ2n) is 5.97. The van der Waals surface area contributed by atoms with Crippen LogP contribution in [0.15, 0.2) is 47.1 Å². The first kappa shape index (κ1) is 17.0. The van der Waals surface area contributed by atoms with Gasteiger partial charge in [0.1, 0.15) is 11.6 Å². The normalized spacial score (nSPS) is 12.4. The number of hydrogen-bond donors (Lipinski definition) is 1. The molecule has 0 aliphatic heterocycles. The Hall–Kier alpha value is -2.80. The summed E-state index contributed by atoms with van der Waals surface area (Å²) < 4.78 is 23.6. The van der Waals surface area contributed by atoms with Crippen molar-refractivity contribution in [2.75, 3.05) is 0 Å². The number of benzene rings is 1. The zero-order valence-corrected chi connectivity index (χ0v) is 13.9. The highest BCUT2D eigenvalue weighted by Crippen LogP contribution is 2.22.